The van der Waals surface area contributed by atoms with E-state index < -0.39 is 11.6 Å². The SMILES string of the molecule is O=C(NCc1ccc2c(c1)OCO2)[C@]1(C/C=C/c2ccccc2)N=C(c2ccc(OCCCO)cc2)O[C@@H]1c1ccccc1. The molecule has 44 heavy (non-hydrogen) atoms. The third-order valence-electron chi connectivity index (χ3n) is 7.56. The van der Waals surface area contributed by atoms with E-state index in [1.54, 1.807) is 0 Å². The Bertz CT molecular complexity index is 1620. The van der Waals surface area contributed by atoms with Crippen LogP contribution in [0.3, 0.4) is 0 Å². The third kappa shape index (κ3) is 6.45. The second-order valence-corrected chi connectivity index (χ2v) is 10.6. The third-order valence-corrected chi connectivity index (χ3v) is 7.56. The van der Waals surface area contributed by atoms with Crippen LogP contribution in [0.4, 0.5) is 0 Å². The standard InChI is InChI=1S/C36H34N2O6/c39-21-8-22-41-30-17-15-29(16-18-30)34-38-36(20-7-11-26-9-3-1-4-10-26,33(44-34)28-12-5-2-6-13-28)35(40)37-24-27-14-19-31-32(23-27)43-25-42-31/h1-7,9-19,23,33,39H,8,20-22,24-25H2,(H,37,40)/b11-7+/t33-,36-/m1/s1. The van der Waals surface area contributed by atoms with E-state index in [4.69, 9.17) is 29.0 Å². The number of nitrogens with one attached hydrogen (secondary N) is 1. The molecule has 0 unspecified atom stereocenters. The lowest BCUT2D eigenvalue weighted by molar-refractivity contribution is -0.129. The normalized spacial score (nSPS) is 18.6. The lowest BCUT2D eigenvalue weighted by Crippen LogP contribution is -2.47. The van der Waals surface area contributed by atoms with Gasteiger partial charge in [0, 0.05) is 31.6 Å². The van der Waals surface area contributed by atoms with Crippen molar-refractivity contribution in [3.63, 3.8) is 0 Å². The molecule has 0 aliphatic carbocycles. The number of fused-ring (bicyclic) bond motifs is 1. The van der Waals surface area contributed by atoms with Gasteiger partial charge in [0.05, 0.1) is 6.61 Å². The van der Waals surface area contributed by atoms with Crippen LogP contribution in [0.5, 0.6) is 17.2 Å². The fourth-order valence-electron chi connectivity index (χ4n) is 5.27. The summed E-state index contributed by atoms with van der Waals surface area (Å²) in [6, 6.07) is 32.7. The van der Waals surface area contributed by atoms with Crippen LogP contribution in [0.2, 0.25) is 0 Å². The van der Waals surface area contributed by atoms with E-state index in [1.165, 1.54) is 0 Å². The first-order valence-corrected chi connectivity index (χ1v) is 14.7. The molecular formula is C36H34N2O6. The van der Waals surface area contributed by atoms with Crippen LogP contribution >= 0.6 is 0 Å². The minimum absolute atomic E-state index is 0.0706. The van der Waals surface area contributed by atoms with Gasteiger partial charge in [-0.2, -0.15) is 0 Å². The number of carbonyl (C=O) groups excluding carboxylic acids is 1. The second-order valence-electron chi connectivity index (χ2n) is 10.6. The zero-order chi connectivity index (χ0) is 30.2. The monoisotopic (exact) mass is 590 g/mol. The Balaban J connectivity index is 1.33. The minimum atomic E-state index is -1.28. The van der Waals surface area contributed by atoms with Gasteiger partial charge in [-0.05, 0) is 53.1 Å². The van der Waals surface area contributed by atoms with Gasteiger partial charge in [0.1, 0.15) is 5.75 Å². The van der Waals surface area contributed by atoms with Gasteiger partial charge in [-0.1, -0.05) is 78.9 Å². The van der Waals surface area contributed by atoms with Crippen molar-refractivity contribution in [1.82, 2.24) is 5.32 Å². The Morgan fingerprint density at radius 2 is 1.70 bits per heavy atom. The highest BCUT2D eigenvalue weighted by Crippen LogP contribution is 2.43. The van der Waals surface area contributed by atoms with Crippen LogP contribution in [0, 0.1) is 0 Å². The Morgan fingerprint density at radius 1 is 0.955 bits per heavy atom. The van der Waals surface area contributed by atoms with Gasteiger partial charge >= 0.3 is 0 Å². The molecular weight excluding hydrogens is 556 g/mol. The number of aliphatic hydroxyl groups excluding tert-OH is 1. The minimum Gasteiger partial charge on any atom is -0.494 e. The Hall–Kier alpha value is -5.08. The van der Waals surface area contributed by atoms with Crippen molar-refractivity contribution in [3.8, 4) is 17.2 Å². The molecule has 0 saturated heterocycles. The van der Waals surface area contributed by atoms with Crippen molar-refractivity contribution in [2.24, 2.45) is 4.99 Å². The van der Waals surface area contributed by atoms with Crippen molar-refractivity contribution in [1.29, 1.82) is 0 Å². The predicted molar refractivity (Wildman–Crippen MR) is 168 cm³/mol. The molecule has 224 valence electrons. The number of benzene rings is 4. The fraction of sp³-hybridized carbons (Fsp3) is 0.222. The van der Waals surface area contributed by atoms with E-state index in [0.717, 1.165) is 22.3 Å². The fourth-order valence-corrected chi connectivity index (χ4v) is 5.27. The first kappa shape index (κ1) is 29.0. The lowest BCUT2D eigenvalue weighted by atomic mass is 9.84. The highest BCUT2D eigenvalue weighted by atomic mass is 16.7. The summed E-state index contributed by atoms with van der Waals surface area (Å²) in [7, 11) is 0. The van der Waals surface area contributed by atoms with Crippen LogP contribution in [0.15, 0.2) is 114 Å². The highest BCUT2D eigenvalue weighted by molar-refractivity contribution is 6.01. The van der Waals surface area contributed by atoms with E-state index >= 15 is 0 Å². The molecule has 0 saturated carbocycles. The van der Waals surface area contributed by atoms with E-state index in [2.05, 4.69) is 5.32 Å². The second kappa shape index (κ2) is 13.5. The van der Waals surface area contributed by atoms with Crippen molar-refractivity contribution in [2.75, 3.05) is 20.0 Å². The summed E-state index contributed by atoms with van der Waals surface area (Å²) in [6.07, 6.45) is 4.17. The molecule has 2 atom stereocenters. The number of aliphatic imine (C=N–C) groups is 1. The zero-order valence-electron chi connectivity index (χ0n) is 24.2. The maximum atomic E-state index is 14.3. The number of aliphatic hydroxyl groups is 1. The number of hydrogen-bond donors (Lipinski definition) is 2. The molecule has 0 radical (unpaired) electrons. The number of amides is 1. The molecule has 1 amide bonds. The van der Waals surface area contributed by atoms with Gasteiger partial charge in [0.2, 0.25) is 12.7 Å². The Kier molecular flexibility index (Phi) is 8.89. The van der Waals surface area contributed by atoms with Crippen molar-refractivity contribution in [2.45, 2.75) is 31.0 Å². The van der Waals surface area contributed by atoms with Gasteiger partial charge in [-0.3, -0.25) is 4.79 Å². The maximum Gasteiger partial charge on any atom is 0.252 e. The lowest BCUT2D eigenvalue weighted by Gasteiger charge is -2.30. The highest BCUT2D eigenvalue weighted by Gasteiger charge is 2.52. The molecule has 0 bridgehead atoms. The van der Waals surface area contributed by atoms with E-state index in [1.807, 2.05) is 115 Å². The summed E-state index contributed by atoms with van der Waals surface area (Å²) in [5, 5.41) is 12.2. The van der Waals surface area contributed by atoms with Crippen molar-refractivity contribution in [3.05, 3.63) is 131 Å². The van der Waals surface area contributed by atoms with Gasteiger partial charge in [-0.25, -0.2) is 4.99 Å². The van der Waals surface area contributed by atoms with E-state index in [9.17, 15) is 4.79 Å². The molecule has 2 aliphatic heterocycles. The molecule has 0 spiro atoms. The molecule has 4 aromatic rings. The topological polar surface area (TPSA) is 98.6 Å². The smallest absolute Gasteiger partial charge is 0.252 e. The molecule has 2 heterocycles. The number of ether oxygens (including phenoxy) is 4. The van der Waals surface area contributed by atoms with Crippen LogP contribution in [0.1, 0.15) is 41.2 Å². The van der Waals surface area contributed by atoms with Gasteiger partial charge in [0.15, 0.2) is 23.1 Å². The summed E-state index contributed by atoms with van der Waals surface area (Å²) >= 11 is 0. The van der Waals surface area contributed by atoms with Crippen molar-refractivity contribution < 1.29 is 28.8 Å². The average molecular weight is 591 g/mol. The predicted octanol–water partition coefficient (Wildman–Crippen LogP) is 5.85. The number of nitrogens with zero attached hydrogens (tertiary/aromatic N) is 1. The Morgan fingerprint density at radius 3 is 2.48 bits per heavy atom. The first-order chi connectivity index (χ1) is 21.6. The molecule has 4 aromatic carbocycles. The molecule has 0 aromatic heterocycles. The Labute approximate surface area is 256 Å². The van der Waals surface area contributed by atoms with Crippen LogP contribution in [-0.4, -0.2) is 42.5 Å². The van der Waals surface area contributed by atoms with Gasteiger partial charge in [-0.15, -0.1) is 0 Å². The number of carbonyl (C=O) groups is 1. The molecule has 8 heteroatoms. The van der Waals surface area contributed by atoms with Crippen LogP contribution in [-0.2, 0) is 16.1 Å². The molecule has 2 N–H and O–H groups in total. The van der Waals surface area contributed by atoms with E-state index in [-0.39, 0.29) is 25.9 Å². The molecule has 6 rings (SSSR count). The van der Waals surface area contributed by atoms with Gasteiger partial charge < -0.3 is 29.4 Å². The maximum absolute atomic E-state index is 14.3. The summed E-state index contributed by atoms with van der Waals surface area (Å²) in [5.74, 6) is 2.16. The molecule has 8 nitrogen and oxygen atoms in total. The van der Waals surface area contributed by atoms with Crippen molar-refractivity contribution >= 4 is 17.9 Å². The summed E-state index contributed by atoms with van der Waals surface area (Å²) in [6.45, 7) is 0.960. The largest absolute Gasteiger partial charge is 0.494 e. The summed E-state index contributed by atoms with van der Waals surface area (Å²) < 4.78 is 23.2. The number of rotatable bonds is 12. The van der Waals surface area contributed by atoms with Crippen LogP contribution < -0.4 is 19.5 Å². The molecule has 0 fully saturated rings. The quantitative estimate of drug-likeness (QED) is 0.201. The van der Waals surface area contributed by atoms with Crippen LogP contribution in [0.25, 0.3) is 6.08 Å². The number of hydrogen-bond acceptors (Lipinski definition) is 7. The summed E-state index contributed by atoms with van der Waals surface area (Å²) in [5.41, 5.74) is 2.21. The van der Waals surface area contributed by atoms with E-state index in [0.29, 0.717) is 42.6 Å². The first-order valence-electron chi connectivity index (χ1n) is 14.7. The summed E-state index contributed by atoms with van der Waals surface area (Å²) in [4.78, 5) is 19.4. The van der Waals surface area contributed by atoms with Gasteiger partial charge in [0.25, 0.3) is 5.91 Å². The average Bonchev–Trinajstić information content (AvgIpc) is 3.70. The molecule has 2 aliphatic rings. The zero-order valence-corrected chi connectivity index (χ0v) is 24.2.